The summed E-state index contributed by atoms with van der Waals surface area (Å²) in [6, 6.07) is 9.20. The molecule has 3 aromatic heterocycles. The first-order chi connectivity index (χ1) is 16.5. The van der Waals surface area contributed by atoms with E-state index >= 15 is 0 Å². The summed E-state index contributed by atoms with van der Waals surface area (Å²) in [6.45, 7) is 8.26. The molecule has 2 amide bonds. The predicted octanol–water partition coefficient (Wildman–Crippen LogP) is 4.72. The number of hydrogen-bond donors (Lipinski definition) is 1. The smallest absolute Gasteiger partial charge is 0.411 e. The summed E-state index contributed by atoms with van der Waals surface area (Å²) in [5, 5.41) is 8.11. The van der Waals surface area contributed by atoms with Gasteiger partial charge in [0.2, 0.25) is 0 Å². The lowest BCUT2D eigenvalue weighted by atomic mass is 9.95. The number of fused-ring (bicyclic) bond motifs is 2. The molecule has 35 heavy (non-hydrogen) atoms. The van der Waals surface area contributed by atoms with Crippen LogP contribution in [-0.4, -0.2) is 48.2 Å². The van der Waals surface area contributed by atoms with Crippen LogP contribution in [0.15, 0.2) is 48.9 Å². The average Bonchev–Trinajstić information content (AvgIpc) is 3.49. The molecule has 1 fully saturated rings. The van der Waals surface area contributed by atoms with E-state index in [1.54, 1.807) is 21.8 Å². The van der Waals surface area contributed by atoms with E-state index in [-0.39, 0.29) is 12.0 Å². The zero-order valence-corrected chi connectivity index (χ0v) is 20.7. The Hall–Kier alpha value is -3.88. The third-order valence-corrected chi connectivity index (χ3v) is 6.52. The number of aromatic nitrogens is 4. The van der Waals surface area contributed by atoms with Crippen LogP contribution in [0.2, 0.25) is 0 Å². The number of rotatable bonds is 3. The molecule has 9 nitrogen and oxygen atoms in total. The van der Waals surface area contributed by atoms with Crippen LogP contribution in [0.1, 0.15) is 56.6 Å². The highest BCUT2D eigenvalue weighted by Gasteiger charge is 2.44. The van der Waals surface area contributed by atoms with Gasteiger partial charge in [0.25, 0.3) is 5.91 Å². The highest BCUT2D eigenvalue weighted by atomic mass is 16.6. The SMILES string of the molecule is Cn1ncc2cc(C(=O)Nc3ccc4nc(C5(C)CCCN5C(=O)OC(C)(C)C)cn4c3)ccc21. The molecule has 4 heterocycles. The number of nitrogens with one attached hydrogen (secondary N) is 1. The quantitative estimate of drug-likeness (QED) is 0.464. The second-order valence-corrected chi connectivity index (χ2v) is 10.3. The molecule has 9 heteroatoms. The molecule has 1 aliphatic heterocycles. The average molecular weight is 475 g/mol. The van der Waals surface area contributed by atoms with Gasteiger partial charge in [0, 0.05) is 36.9 Å². The van der Waals surface area contributed by atoms with Crippen molar-refractivity contribution in [3.63, 3.8) is 0 Å². The molecule has 4 aromatic rings. The van der Waals surface area contributed by atoms with Crippen LogP contribution in [0, 0.1) is 0 Å². The van der Waals surface area contributed by atoms with Gasteiger partial charge < -0.3 is 14.5 Å². The van der Waals surface area contributed by atoms with Crippen molar-refractivity contribution in [3.05, 3.63) is 60.2 Å². The monoisotopic (exact) mass is 474 g/mol. The molecule has 0 bridgehead atoms. The van der Waals surface area contributed by atoms with E-state index in [0.29, 0.717) is 17.8 Å². The summed E-state index contributed by atoms with van der Waals surface area (Å²) in [5.74, 6) is -0.200. The molecular weight excluding hydrogens is 444 g/mol. The van der Waals surface area contributed by atoms with Crippen molar-refractivity contribution in [1.82, 2.24) is 24.1 Å². The van der Waals surface area contributed by atoms with Gasteiger partial charge in [-0.25, -0.2) is 9.78 Å². The van der Waals surface area contributed by atoms with Crippen LogP contribution in [0.5, 0.6) is 0 Å². The Morgan fingerprint density at radius 2 is 1.94 bits per heavy atom. The van der Waals surface area contributed by atoms with Crippen molar-refractivity contribution >= 4 is 34.2 Å². The van der Waals surface area contributed by atoms with Crippen molar-refractivity contribution in [2.45, 2.75) is 51.7 Å². The highest BCUT2D eigenvalue weighted by Crippen LogP contribution is 2.39. The number of likely N-dealkylation sites (tertiary alicyclic amines) is 1. The van der Waals surface area contributed by atoms with Crippen molar-refractivity contribution < 1.29 is 14.3 Å². The van der Waals surface area contributed by atoms with Gasteiger partial charge in [-0.2, -0.15) is 5.10 Å². The highest BCUT2D eigenvalue weighted by molar-refractivity contribution is 6.06. The second-order valence-electron chi connectivity index (χ2n) is 10.3. The van der Waals surface area contributed by atoms with Crippen molar-refractivity contribution in [2.75, 3.05) is 11.9 Å². The fourth-order valence-electron chi connectivity index (χ4n) is 4.67. The molecule has 1 aliphatic rings. The number of carbonyl (C=O) groups excluding carboxylic acids is 2. The fourth-order valence-corrected chi connectivity index (χ4v) is 4.67. The topological polar surface area (TPSA) is 93.8 Å². The lowest BCUT2D eigenvalue weighted by Gasteiger charge is -2.35. The van der Waals surface area contributed by atoms with E-state index < -0.39 is 11.1 Å². The Morgan fingerprint density at radius 3 is 2.71 bits per heavy atom. The summed E-state index contributed by atoms with van der Waals surface area (Å²) in [7, 11) is 1.87. The number of amides is 2. The zero-order chi connectivity index (χ0) is 25.0. The number of hydrogen-bond acceptors (Lipinski definition) is 5. The van der Waals surface area contributed by atoms with Crippen molar-refractivity contribution in [1.29, 1.82) is 0 Å². The number of nitrogens with zero attached hydrogens (tertiary/aromatic N) is 5. The summed E-state index contributed by atoms with van der Waals surface area (Å²) in [4.78, 5) is 32.3. The lowest BCUT2D eigenvalue weighted by Crippen LogP contribution is -2.45. The van der Waals surface area contributed by atoms with Gasteiger partial charge in [0.15, 0.2) is 0 Å². The van der Waals surface area contributed by atoms with Gasteiger partial charge in [-0.15, -0.1) is 0 Å². The van der Waals surface area contributed by atoms with Gasteiger partial charge in [-0.3, -0.25) is 14.4 Å². The van der Waals surface area contributed by atoms with Crippen LogP contribution in [0.3, 0.4) is 0 Å². The third kappa shape index (κ3) is 4.22. The van der Waals surface area contributed by atoms with E-state index in [1.165, 1.54) is 0 Å². The number of aryl methyl sites for hydroxylation is 1. The number of pyridine rings is 1. The first kappa shape index (κ1) is 22.9. The predicted molar refractivity (Wildman–Crippen MR) is 133 cm³/mol. The lowest BCUT2D eigenvalue weighted by molar-refractivity contribution is 0.00933. The maximum Gasteiger partial charge on any atom is 0.411 e. The largest absolute Gasteiger partial charge is 0.444 e. The zero-order valence-electron chi connectivity index (χ0n) is 20.7. The summed E-state index contributed by atoms with van der Waals surface area (Å²) >= 11 is 0. The van der Waals surface area contributed by atoms with Crippen molar-refractivity contribution in [3.8, 4) is 0 Å². The third-order valence-electron chi connectivity index (χ3n) is 6.52. The number of anilines is 1. The molecule has 1 saturated heterocycles. The van der Waals surface area contributed by atoms with Crippen LogP contribution in [0.4, 0.5) is 10.5 Å². The van der Waals surface area contributed by atoms with Gasteiger partial charge in [-0.1, -0.05) is 0 Å². The second kappa shape index (κ2) is 8.11. The van der Waals surface area contributed by atoms with Gasteiger partial charge in [-0.05, 0) is 70.9 Å². The van der Waals surface area contributed by atoms with E-state index in [1.807, 2.05) is 75.8 Å². The molecule has 0 radical (unpaired) electrons. The fraction of sp³-hybridized carbons (Fsp3) is 0.385. The van der Waals surface area contributed by atoms with Crippen LogP contribution >= 0.6 is 0 Å². The Balaban J connectivity index is 1.38. The number of benzene rings is 1. The van der Waals surface area contributed by atoms with Crippen molar-refractivity contribution in [2.24, 2.45) is 7.05 Å². The van der Waals surface area contributed by atoms with Gasteiger partial charge in [0.1, 0.15) is 11.2 Å². The first-order valence-corrected chi connectivity index (χ1v) is 11.8. The minimum absolute atomic E-state index is 0.200. The first-order valence-electron chi connectivity index (χ1n) is 11.8. The Bertz CT molecular complexity index is 1450. The van der Waals surface area contributed by atoms with Crippen LogP contribution in [-0.2, 0) is 17.3 Å². The molecule has 182 valence electrons. The molecule has 1 aromatic carbocycles. The maximum absolute atomic E-state index is 12.9. The standard InChI is InChI=1S/C26H30N6O3/c1-25(2,3)35-24(34)32-12-6-11-26(32,4)21-16-31-15-19(8-10-22(31)29-21)28-23(33)17-7-9-20-18(13-17)14-27-30(20)5/h7-10,13-16H,6,11-12H2,1-5H3,(H,28,33). The van der Waals surface area contributed by atoms with Crippen LogP contribution in [0.25, 0.3) is 16.6 Å². The minimum atomic E-state index is -0.561. The van der Waals surface area contributed by atoms with Gasteiger partial charge >= 0.3 is 6.09 Å². The molecule has 0 saturated carbocycles. The molecule has 1 unspecified atom stereocenters. The molecule has 1 N–H and O–H groups in total. The molecule has 5 rings (SSSR count). The molecule has 1 atom stereocenters. The van der Waals surface area contributed by atoms with E-state index in [4.69, 9.17) is 9.72 Å². The Kier molecular flexibility index (Phi) is 5.30. The summed E-state index contributed by atoms with van der Waals surface area (Å²) < 4.78 is 9.30. The normalized spacial score (nSPS) is 18.4. The Labute approximate surface area is 203 Å². The van der Waals surface area contributed by atoms with E-state index in [9.17, 15) is 9.59 Å². The van der Waals surface area contributed by atoms with Gasteiger partial charge in [0.05, 0.1) is 28.6 Å². The molecule has 0 spiro atoms. The number of carbonyl (C=O) groups is 2. The number of imidazole rings is 1. The maximum atomic E-state index is 12.9. The van der Waals surface area contributed by atoms with Crippen LogP contribution < -0.4 is 5.32 Å². The summed E-state index contributed by atoms with van der Waals surface area (Å²) in [6.07, 6.45) is 6.86. The van der Waals surface area contributed by atoms with E-state index in [2.05, 4.69) is 10.4 Å². The molecule has 0 aliphatic carbocycles. The Morgan fingerprint density at radius 1 is 1.14 bits per heavy atom. The molecular formula is C26H30N6O3. The summed E-state index contributed by atoms with van der Waals surface area (Å²) in [5.41, 5.74) is 2.60. The number of ether oxygens (including phenoxy) is 1. The van der Waals surface area contributed by atoms with E-state index in [0.717, 1.165) is 35.1 Å². The minimum Gasteiger partial charge on any atom is -0.444 e.